The summed E-state index contributed by atoms with van der Waals surface area (Å²) in [5.41, 5.74) is 4.82. The van der Waals surface area contributed by atoms with E-state index in [0.717, 1.165) is 11.3 Å². The minimum Gasteiger partial charge on any atom is -0.493 e. The summed E-state index contributed by atoms with van der Waals surface area (Å²) in [5.74, 6) is 0.995. The molecule has 1 aliphatic rings. The summed E-state index contributed by atoms with van der Waals surface area (Å²) >= 11 is 0. The topological polar surface area (TPSA) is 9.23 Å². The maximum Gasteiger partial charge on any atom is 0.113 e. The highest BCUT2D eigenvalue weighted by Crippen LogP contribution is 2.31. The van der Waals surface area contributed by atoms with E-state index in [2.05, 4.69) is 31.7 Å². The van der Waals surface area contributed by atoms with Crippen LogP contribution in [0.5, 0.6) is 0 Å². The van der Waals surface area contributed by atoms with E-state index in [-0.39, 0.29) is 0 Å². The van der Waals surface area contributed by atoms with Crippen LogP contribution in [-0.2, 0) is 4.74 Å². The second-order valence-electron chi connectivity index (χ2n) is 3.83. The molecule has 1 rings (SSSR count). The van der Waals surface area contributed by atoms with Gasteiger partial charge in [-0.05, 0) is 44.4 Å². The molecule has 16 heavy (non-hydrogen) atoms. The molecule has 0 bridgehead atoms. The molecule has 0 spiro atoms. The van der Waals surface area contributed by atoms with Crippen LogP contribution in [-0.4, -0.2) is 6.61 Å². The van der Waals surface area contributed by atoms with Gasteiger partial charge in [0.2, 0.25) is 0 Å². The summed E-state index contributed by atoms with van der Waals surface area (Å²) in [6.07, 6.45) is 8.17. The molecule has 0 atom stereocenters. The SMILES string of the molecule is C=CC1=C(/C=C\C)C(/C(C)=C\C)=C(C)OC1. The molecule has 0 aromatic carbocycles. The fourth-order valence-corrected chi connectivity index (χ4v) is 1.85. The maximum absolute atomic E-state index is 5.67. The molecule has 0 aromatic heterocycles. The molecule has 86 valence electrons. The van der Waals surface area contributed by atoms with E-state index in [1.54, 1.807) is 0 Å². The molecule has 0 saturated carbocycles. The molecular weight excluding hydrogens is 196 g/mol. The summed E-state index contributed by atoms with van der Waals surface area (Å²) in [6, 6.07) is 0. The van der Waals surface area contributed by atoms with Crippen LogP contribution < -0.4 is 0 Å². The largest absolute Gasteiger partial charge is 0.493 e. The van der Waals surface area contributed by atoms with E-state index < -0.39 is 0 Å². The van der Waals surface area contributed by atoms with Gasteiger partial charge < -0.3 is 4.74 Å². The summed E-state index contributed by atoms with van der Waals surface area (Å²) in [5, 5.41) is 0. The number of allylic oxidation sites excluding steroid dienone is 7. The van der Waals surface area contributed by atoms with Gasteiger partial charge in [0.15, 0.2) is 0 Å². The van der Waals surface area contributed by atoms with Crippen LogP contribution >= 0.6 is 0 Å². The van der Waals surface area contributed by atoms with Gasteiger partial charge in [0.25, 0.3) is 0 Å². The molecule has 0 fully saturated rings. The number of rotatable bonds is 3. The van der Waals surface area contributed by atoms with Gasteiger partial charge in [-0.3, -0.25) is 0 Å². The quantitative estimate of drug-likeness (QED) is 0.683. The Balaban J connectivity index is 3.38. The second-order valence-corrected chi connectivity index (χ2v) is 3.83. The van der Waals surface area contributed by atoms with Gasteiger partial charge in [-0.2, -0.15) is 0 Å². The van der Waals surface area contributed by atoms with Crippen LogP contribution in [0.3, 0.4) is 0 Å². The molecule has 1 heteroatoms. The summed E-state index contributed by atoms with van der Waals surface area (Å²) in [4.78, 5) is 0. The summed E-state index contributed by atoms with van der Waals surface area (Å²) in [6.45, 7) is 12.7. The predicted molar refractivity (Wildman–Crippen MR) is 70.1 cm³/mol. The zero-order chi connectivity index (χ0) is 12.1. The van der Waals surface area contributed by atoms with Gasteiger partial charge in [0, 0.05) is 5.57 Å². The minimum absolute atomic E-state index is 0.621. The van der Waals surface area contributed by atoms with Gasteiger partial charge in [0.05, 0.1) is 0 Å². The molecule has 0 N–H and O–H groups in total. The van der Waals surface area contributed by atoms with Crippen molar-refractivity contribution in [2.24, 2.45) is 0 Å². The standard InChI is InChI=1S/C15H20O/c1-6-9-14-13(8-3)10-16-12(5)15(14)11(4)7-2/h6-9H,3,10H2,1-2,4-5H3/b9-6-,11-7-. The Labute approximate surface area is 98.5 Å². The van der Waals surface area contributed by atoms with E-state index >= 15 is 0 Å². The normalized spacial score (nSPS) is 18.1. The lowest BCUT2D eigenvalue weighted by molar-refractivity contribution is 0.235. The van der Waals surface area contributed by atoms with E-state index in [4.69, 9.17) is 4.74 Å². The van der Waals surface area contributed by atoms with Gasteiger partial charge in [0.1, 0.15) is 12.4 Å². The van der Waals surface area contributed by atoms with Crippen LogP contribution in [0.2, 0.25) is 0 Å². The zero-order valence-electron chi connectivity index (χ0n) is 10.6. The first-order valence-electron chi connectivity index (χ1n) is 5.61. The lowest BCUT2D eigenvalue weighted by atomic mass is 9.91. The highest BCUT2D eigenvalue weighted by atomic mass is 16.5. The lowest BCUT2D eigenvalue weighted by Gasteiger charge is -2.23. The van der Waals surface area contributed by atoms with Crippen LogP contribution in [0.1, 0.15) is 27.7 Å². The van der Waals surface area contributed by atoms with Crippen molar-refractivity contribution in [2.45, 2.75) is 27.7 Å². The van der Waals surface area contributed by atoms with Gasteiger partial charge in [-0.25, -0.2) is 0 Å². The fraction of sp³-hybridized carbons (Fsp3) is 0.333. The molecule has 0 aliphatic carbocycles. The van der Waals surface area contributed by atoms with Crippen molar-refractivity contribution >= 4 is 0 Å². The first-order valence-corrected chi connectivity index (χ1v) is 5.61. The van der Waals surface area contributed by atoms with E-state index in [9.17, 15) is 0 Å². The Kier molecular flexibility index (Phi) is 4.36. The molecule has 1 aliphatic heterocycles. The van der Waals surface area contributed by atoms with Crippen molar-refractivity contribution in [1.82, 2.24) is 0 Å². The van der Waals surface area contributed by atoms with E-state index in [0.29, 0.717) is 6.61 Å². The van der Waals surface area contributed by atoms with E-state index in [1.165, 1.54) is 16.7 Å². The van der Waals surface area contributed by atoms with Crippen LogP contribution in [0.15, 0.2) is 58.9 Å². The molecule has 0 radical (unpaired) electrons. The summed E-state index contributed by atoms with van der Waals surface area (Å²) in [7, 11) is 0. The predicted octanol–water partition coefficient (Wildman–Crippen LogP) is 4.32. The summed E-state index contributed by atoms with van der Waals surface area (Å²) < 4.78 is 5.67. The first-order chi connectivity index (χ1) is 7.65. The second kappa shape index (κ2) is 5.55. The van der Waals surface area contributed by atoms with Crippen molar-refractivity contribution in [2.75, 3.05) is 6.61 Å². The Morgan fingerprint density at radius 1 is 1.38 bits per heavy atom. The minimum atomic E-state index is 0.621. The molecule has 1 nitrogen and oxygen atoms in total. The molecule has 0 amide bonds. The van der Waals surface area contributed by atoms with Crippen LogP contribution in [0.25, 0.3) is 0 Å². The third-order valence-electron chi connectivity index (χ3n) is 2.82. The van der Waals surface area contributed by atoms with Gasteiger partial charge in [-0.15, -0.1) is 0 Å². The monoisotopic (exact) mass is 216 g/mol. The van der Waals surface area contributed by atoms with Crippen molar-refractivity contribution in [1.29, 1.82) is 0 Å². The number of ether oxygens (including phenoxy) is 1. The number of hydrogen-bond acceptors (Lipinski definition) is 1. The Bertz CT molecular complexity index is 403. The number of hydrogen-bond donors (Lipinski definition) is 0. The van der Waals surface area contributed by atoms with Gasteiger partial charge in [-0.1, -0.05) is 30.9 Å². The maximum atomic E-state index is 5.67. The average molecular weight is 216 g/mol. The zero-order valence-corrected chi connectivity index (χ0v) is 10.6. The molecule has 0 unspecified atom stereocenters. The fourth-order valence-electron chi connectivity index (χ4n) is 1.85. The molecule has 0 aromatic rings. The smallest absolute Gasteiger partial charge is 0.113 e. The first kappa shape index (κ1) is 12.6. The Hall–Kier alpha value is -1.50. The molecule has 1 heterocycles. The Morgan fingerprint density at radius 3 is 2.56 bits per heavy atom. The van der Waals surface area contributed by atoms with Crippen molar-refractivity contribution in [3.63, 3.8) is 0 Å². The van der Waals surface area contributed by atoms with E-state index in [1.807, 2.05) is 26.8 Å². The Morgan fingerprint density at radius 2 is 2.06 bits per heavy atom. The molecule has 0 saturated heterocycles. The van der Waals surface area contributed by atoms with Crippen molar-refractivity contribution in [3.8, 4) is 0 Å². The average Bonchev–Trinajstić information content (AvgIpc) is 2.29. The molecular formula is C15H20O. The third-order valence-corrected chi connectivity index (χ3v) is 2.82. The lowest BCUT2D eigenvalue weighted by Crippen LogP contribution is -2.10. The van der Waals surface area contributed by atoms with Crippen LogP contribution in [0, 0.1) is 0 Å². The van der Waals surface area contributed by atoms with Crippen LogP contribution in [0.4, 0.5) is 0 Å². The highest BCUT2D eigenvalue weighted by molar-refractivity contribution is 5.57. The van der Waals surface area contributed by atoms with Gasteiger partial charge >= 0.3 is 0 Å². The highest BCUT2D eigenvalue weighted by Gasteiger charge is 2.18. The van der Waals surface area contributed by atoms with Crippen molar-refractivity contribution < 1.29 is 4.74 Å². The third kappa shape index (κ3) is 2.35. The van der Waals surface area contributed by atoms with Crippen molar-refractivity contribution in [3.05, 3.63) is 58.9 Å².